The average molecular weight is 959 g/mol. The van der Waals surface area contributed by atoms with E-state index in [2.05, 4.69) is 40.6 Å². The first-order valence-electron chi connectivity index (χ1n) is 17.0. The zero-order valence-corrected chi connectivity index (χ0v) is 38.5. The molecule has 2 unspecified atom stereocenters. The molecule has 332 valence electrons. The van der Waals surface area contributed by atoms with Gasteiger partial charge in [0, 0.05) is 23.6 Å². The number of hydroxylamine groups is 4. The number of ether oxygens (including phenoxy) is 2. The minimum Gasteiger partial charge on any atom is -0.544 e. The van der Waals surface area contributed by atoms with Crippen molar-refractivity contribution in [2.45, 2.75) is 49.2 Å². The molecule has 4 aliphatic rings. The molecule has 2 aromatic rings. The third-order valence-corrected chi connectivity index (χ3v) is 9.54. The van der Waals surface area contributed by atoms with E-state index in [-0.39, 0.29) is 93.6 Å². The van der Waals surface area contributed by atoms with Crippen LogP contribution in [0, 0.1) is 0 Å². The zero-order valence-electron chi connectivity index (χ0n) is 32.9. The van der Waals surface area contributed by atoms with E-state index in [0.717, 1.165) is 22.7 Å². The third-order valence-electron chi connectivity index (χ3n) is 8.19. The van der Waals surface area contributed by atoms with Crippen molar-refractivity contribution in [3.05, 3.63) is 22.1 Å². The van der Waals surface area contributed by atoms with E-state index in [0.29, 0.717) is 10.1 Å². The predicted octanol–water partition coefficient (Wildman–Crippen LogP) is -12.8. The van der Waals surface area contributed by atoms with Crippen LogP contribution < -0.4 is 91.4 Å². The Morgan fingerprint density at radius 1 is 0.734 bits per heavy atom. The molecule has 0 aliphatic carbocycles. The molecule has 4 saturated heterocycles. The fraction of sp³-hybridized carbons (Fsp3) is 0.400. The molecule has 8 N–H and O–H groups in total. The summed E-state index contributed by atoms with van der Waals surface area (Å²) in [5, 5.41) is 55.3. The van der Waals surface area contributed by atoms with Crippen LogP contribution in [0.25, 0.3) is 0 Å². The van der Waals surface area contributed by atoms with Gasteiger partial charge in [0.15, 0.2) is 21.7 Å². The molecule has 4 atom stereocenters. The van der Waals surface area contributed by atoms with Crippen LogP contribution in [0.15, 0.2) is 21.1 Å². The van der Waals surface area contributed by atoms with Gasteiger partial charge in [-0.2, -0.15) is 10.1 Å². The quantitative estimate of drug-likeness (QED) is 0.0394. The van der Waals surface area contributed by atoms with Gasteiger partial charge in [0.25, 0.3) is 35.1 Å². The second kappa shape index (κ2) is 22.4. The molecule has 64 heavy (non-hydrogen) atoms. The van der Waals surface area contributed by atoms with Gasteiger partial charge in [-0.3, -0.25) is 38.4 Å². The second-order valence-corrected chi connectivity index (χ2v) is 14.1. The van der Waals surface area contributed by atoms with Crippen molar-refractivity contribution in [1.29, 1.82) is 0 Å². The molecule has 6 rings (SSSR count). The van der Waals surface area contributed by atoms with Crippen molar-refractivity contribution >= 4 is 104 Å². The van der Waals surface area contributed by atoms with E-state index in [4.69, 9.17) is 40.8 Å². The molecule has 0 spiro atoms. The number of amides is 4. The smallest absolute Gasteiger partial charge is 0.544 e. The largest absolute Gasteiger partial charge is 1.00 e. The third kappa shape index (κ3) is 12.0. The van der Waals surface area contributed by atoms with Gasteiger partial charge < -0.3 is 71.3 Å². The molecule has 4 aliphatic heterocycles. The number of hydrogen-bond acceptors (Lipinski definition) is 26. The first kappa shape index (κ1) is 52.8. The van der Waals surface area contributed by atoms with Crippen LogP contribution >= 0.6 is 22.7 Å². The number of rotatable bonds is 16. The molecule has 30 nitrogen and oxygen atoms in total. The minimum atomic E-state index is -2.45. The maximum Gasteiger partial charge on any atom is 1.00 e. The first-order chi connectivity index (χ1) is 29.3. The number of carbonyl (C=O) groups excluding carboxylic acids is 8. The number of nitrogens with two attached hydrogens (primary N) is 2. The van der Waals surface area contributed by atoms with Crippen LogP contribution in [0.5, 0.6) is 0 Å². The van der Waals surface area contributed by atoms with Gasteiger partial charge in [-0.15, -0.1) is 22.7 Å². The van der Waals surface area contributed by atoms with Crippen molar-refractivity contribution < 1.29 is 156 Å². The number of carboxylic acids is 4. The van der Waals surface area contributed by atoms with E-state index in [1.807, 2.05) is 0 Å². The number of nitrogens with zero attached hydrogens (tertiary/aromatic N) is 6. The van der Waals surface area contributed by atoms with Crippen LogP contribution in [0.2, 0.25) is 0 Å². The Hall–Kier alpha value is -5.58. The number of aromatic nitrogens is 2. The Kier molecular flexibility index (Phi) is 18.4. The fourth-order valence-corrected chi connectivity index (χ4v) is 6.54. The van der Waals surface area contributed by atoms with Crippen LogP contribution in [-0.4, -0.2) is 151 Å². The summed E-state index contributed by atoms with van der Waals surface area (Å²) in [7, 11) is 0. The summed E-state index contributed by atoms with van der Waals surface area (Å²) in [6.45, 7) is -2.68. The number of esters is 2. The van der Waals surface area contributed by atoms with Gasteiger partial charge in [-0.05, 0) is 0 Å². The summed E-state index contributed by atoms with van der Waals surface area (Å²) in [6, 6.07) is -2.77. The van der Waals surface area contributed by atoms with Crippen molar-refractivity contribution in [3.63, 3.8) is 0 Å². The Morgan fingerprint density at radius 2 is 1.09 bits per heavy atom. The van der Waals surface area contributed by atoms with Gasteiger partial charge in [0.05, 0.1) is 12.8 Å². The number of nitrogen functional groups attached to an aromatic ring is 2. The summed E-state index contributed by atoms with van der Waals surface area (Å²) in [5.41, 5.74) is 5.08. The molecule has 0 aromatic carbocycles. The Balaban J connectivity index is 0.000000330. The van der Waals surface area contributed by atoms with Crippen molar-refractivity contribution in [1.82, 2.24) is 30.7 Å². The van der Waals surface area contributed by atoms with Crippen LogP contribution in [0.1, 0.15) is 37.1 Å². The van der Waals surface area contributed by atoms with Gasteiger partial charge >= 0.3 is 83.0 Å². The Bertz CT molecular complexity index is 2120. The minimum absolute atomic E-state index is 0. The van der Waals surface area contributed by atoms with E-state index in [1.54, 1.807) is 0 Å². The number of anilines is 2. The van der Waals surface area contributed by atoms with Crippen LogP contribution in [0.4, 0.5) is 10.3 Å². The summed E-state index contributed by atoms with van der Waals surface area (Å²) in [6.07, 6.45) is -1.34. The molecule has 4 fully saturated rings. The fourth-order valence-electron chi connectivity index (χ4n) is 5.44. The normalized spacial score (nSPS) is 22.8. The standard InChI is InChI=1S/2C15H15N5O10S.2Na/c2*16-14-18-7(5-31-14)10(19-28-4-8(21)22)11(24)17-6-3-29-20(12(6)25)15(13(26)27)2-1-9(23)30-15;;/h2*5-6H,1-4H2,(H2,16,18)(H,17,24)(H,21,22)(H,26,27);;/q;;2*+1/p-2/t2*6-,15?;;/m00../s1. The molecule has 6 heterocycles. The monoisotopic (exact) mass is 958 g/mol. The van der Waals surface area contributed by atoms with E-state index < -0.39 is 134 Å². The maximum atomic E-state index is 12.6. The van der Waals surface area contributed by atoms with Crippen LogP contribution in [-0.2, 0) is 76.8 Å². The number of hydrogen-bond donors (Lipinski definition) is 6. The molecule has 0 radical (unpaired) electrons. The summed E-state index contributed by atoms with van der Waals surface area (Å²) in [5.74, 6) is -12.2. The summed E-state index contributed by atoms with van der Waals surface area (Å²) in [4.78, 5) is 145. The first-order valence-corrected chi connectivity index (χ1v) is 18.7. The van der Waals surface area contributed by atoms with Gasteiger partial charge in [0.1, 0.15) is 48.6 Å². The van der Waals surface area contributed by atoms with Gasteiger partial charge in [0.2, 0.25) is 13.2 Å². The van der Waals surface area contributed by atoms with E-state index >= 15 is 0 Å². The number of carbonyl (C=O) groups is 10. The van der Waals surface area contributed by atoms with Crippen LogP contribution in [0.3, 0.4) is 0 Å². The Labute approximate surface area is 407 Å². The number of nitrogens with one attached hydrogen (secondary N) is 2. The van der Waals surface area contributed by atoms with Crippen molar-refractivity contribution in [2.24, 2.45) is 10.3 Å². The SMILES string of the molecule is Nc1nc(C(=NOCC(=O)O)C(=O)N[C@H]2CON(C3(C(=O)[O-])CCC(=O)O3)C2=O)cs1.Nc1nc(C(=NOCC(=O)O)C(=O)N[C@H]2CON(C3(C(=O)[O-])CCC(=O)O3)C2=O)cs1.[Na+].[Na+]. The average Bonchev–Trinajstić information content (AvgIpc) is 4.07. The van der Waals surface area contributed by atoms with Crippen molar-refractivity contribution in [3.8, 4) is 0 Å². The molecular formula is C30H28N10Na2O20S2. The topological polar surface area (TPSA) is 446 Å². The van der Waals surface area contributed by atoms with Gasteiger partial charge in [-0.25, -0.2) is 19.6 Å². The molecular weight excluding hydrogens is 930 g/mol. The Morgan fingerprint density at radius 3 is 1.36 bits per heavy atom. The molecule has 0 bridgehead atoms. The number of cyclic esters (lactones) is 2. The summed E-state index contributed by atoms with van der Waals surface area (Å²) >= 11 is 1.93. The number of thiazole rings is 2. The predicted molar refractivity (Wildman–Crippen MR) is 189 cm³/mol. The maximum absolute atomic E-state index is 12.6. The number of carboxylic acid groups (broad SMARTS) is 4. The van der Waals surface area contributed by atoms with Crippen molar-refractivity contribution in [2.75, 3.05) is 37.9 Å². The van der Waals surface area contributed by atoms with E-state index in [9.17, 15) is 58.2 Å². The summed E-state index contributed by atoms with van der Waals surface area (Å²) < 4.78 is 9.52. The molecule has 4 amide bonds. The van der Waals surface area contributed by atoms with E-state index in [1.165, 1.54) is 10.8 Å². The van der Waals surface area contributed by atoms with Gasteiger partial charge in [-0.1, -0.05) is 10.3 Å². The number of oxime groups is 2. The zero-order chi connectivity index (χ0) is 45.5. The number of aliphatic carboxylic acids is 4. The second-order valence-electron chi connectivity index (χ2n) is 12.4. The molecule has 34 heteroatoms. The molecule has 2 aromatic heterocycles. The molecule has 0 saturated carbocycles.